The van der Waals surface area contributed by atoms with Crippen molar-refractivity contribution in [1.82, 2.24) is 0 Å². The number of methoxy groups -OCH3 is 1. The van der Waals surface area contributed by atoms with Gasteiger partial charge in [-0.3, -0.25) is 4.79 Å². The second-order valence-corrected chi connectivity index (χ2v) is 3.79. The Morgan fingerprint density at radius 1 is 1.39 bits per heavy atom. The lowest BCUT2D eigenvalue weighted by molar-refractivity contribution is -0.118. The van der Waals surface area contributed by atoms with E-state index in [0.717, 1.165) is 0 Å². The lowest BCUT2D eigenvalue weighted by Crippen LogP contribution is -2.13. The molecule has 0 aliphatic heterocycles. The number of nitrogens with two attached hydrogens (primary N) is 2. The highest BCUT2D eigenvalue weighted by Crippen LogP contribution is 2.20. The molecule has 1 amide bonds. The Hall–Kier alpha value is -2.24. The molecule has 1 rings (SSSR count). The van der Waals surface area contributed by atoms with Crippen molar-refractivity contribution < 1.29 is 14.3 Å². The van der Waals surface area contributed by atoms with Crippen LogP contribution in [0.5, 0.6) is 0 Å². The van der Waals surface area contributed by atoms with Crippen molar-refractivity contribution in [2.45, 2.75) is 12.8 Å². The van der Waals surface area contributed by atoms with Crippen LogP contribution in [0.2, 0.25) is 0 Å². The summed E-state index contributed by atoms with van der Waals surface area (Å²) < 4.78 is 4.62. The molecule has 0 heterocycles. The summed E-state index contributed by atoms with van der Waals surface area (Å²) in [7, 11) is 1.32. The van der Waals surface area contributed by atoms with E-state index in [1.807, 2.05) is 0 Å². The van der Waals surface area contributed by atoms with E-state index < -0.39 is 5.97 Å². The highest BCUT2D eigenvalue weighted by atomic mass is 16.5. The Bertz CT molecular complexity index is 446. The fourth-order valence-corrected chi connectivity index (χ4v) is 1.44. The van der Waals surface area contributed by atoms with Crippen LogP contribution in [0.4, 0.5) is 11.4 Å². The molecule has 1 aromatic carbocycles. The molecular formula is C12H17N3O3. The highest BCUT2D eigenvalue weighted by Gasteiger charge is 2.08. The number of nitrogen functional groups attached to an aromatic ring is 1. The van der Waals surface area contributed by atoms with Gasteiger partial charge >= 0.3 is 5.97 Å². The number of anilines is 2. The second-order valence-electron chi connectivity index (χ2n) is 3.79. The van der Waals surface area contributed by atoms with E-state index in [1.54, 1.807) is 18.2 Å². The zero-order valence-corrected chi connectivity index (χ0v) is 10.2. The second kappa shape index (κ2) is 6.48. The third kappa shape index (κ3) is 3.97. The molecule has 0 aliphatic rings. The lowest BCUT2D eigenvalue weighted by Gasteiger charge is -2.10. The molecule has 0 saturated heterocycles. The fraction of sp³-hybridized carbons (Fsp3) is 0.333. The van der Waals surface area contributed by atoms with E-state index in [4.69, 9.17) is 11.5 Å². The van der Waals surface area contributed by atoms with Crippen LogP contribution in [0.1, 0.15) is 23.2 Å². The average molecular weight is 251 g/mol. The van der Waals surface area contributed by atoms with Crippen LogP contribution in [-0.4, -0.2) is 25.5 Å². The molecule has 0 atom stereocenters. The minimum absolute atomic E-state index is 0.309. The molecule has 6 nitrogen and oxygen atoms in total. The molecule has 0 unspecified atom stereocenters. The third-order valence-corrected chi connectivity index (χ3v) is 2.39. The maximum Gasteiger partial charge on any atom is 0.337 e. The van der Waals surface area contributed by atoms with Crippen molar-refractivity contribution in [3.8, 4) is 0 Å². The van der Waals surface area contributed by atoms with Crippen molar-refractivity contribution in [2.24, 2.45) is 5.73 Å². The van der Waals surface area contributed by atoms with Gasteiger partial charge in [0.05, 0.1) is 24.0 Å². The van der Waals surface area contributed by atoms with Crippen LogP contribution < -0.4 is 16.8 Å². The molecule has 0 fully saturated rings. The molecule has 6 heteroatoms. The molecule has 5 N–H and O–H groups in total. The van der Waals surface area contributed by atoms with Gasteiger partial charge in [-0.15, -0.1) is 0 Å². The third-order valence-electron chi connectivity index (χ3n) is 2.39. The van der Waals surface area contributed by atoms with E-state index in [2.05, 4.69) is 10.1 Å². The van der Waals surface area contributed by atoms with Gasteiger partial charge < -0.3 is 21.5 Å². The zero-order chi connectivity index (χ0) is 13.5. The smallest absolute Gasteiger partial charge is 0.337 e. The number of primary amides is 1. The monoisotopic (exact) mass is 251 g/mol. The maximum atomic E-state index is 11.3. The Morgan fingerprint density at radius 2 is 2.11 bits per heavy atom. The standard InChI is InChI=1S/C12H17N3O3/c1-18-12(17)8-4-5-9(13)10(7-8)15-6-2-3-11(14)16/h4-5,7,15H,2-3,6,13H2,1H3,(H2,14,16). The van der Waals surface area contributed by atoms with E-state index in [1.165, 1.54) is 7.11 Å². The molecule has 98 valence electrons. The van der Waals surface area contributed by atoms with Crippen LogP contribution in [0.25, 0.3) is 0 Å². The molecule has 0 bridgehead atoms. The zero-order valence-electron chi connectivity index (χ0n) is 10.2. The number of nitrogens with one attached hydrogen (secondary N) is 1. The van der Waals surface area contributed by atoms with Gasteiger partial charge in [0.2, 0.25) is 5.91 Å². The normalized spacial score (nSPS) is 9.83. The largest absolute Gasteiger partial charge is 0.465 e. The summed E-state index contributed by atoms with van der Waals surface area (Å²) in [6, 6.07) is 4.84. The number of ether oxygens (including phenoxy) is 1. The van der Waals surface area contributed by atoms with Gasteiger partial charge in [-0.25, -0.2) is 4.79 Å². The number of amides is 1. The van der Waals surface area contributed by atoms with Crippen molar-refractivity contribution in [2.75, 3.05) is 24.7 Å². The average Bonchev–Trinajstić information content (AvgIpc) is 2.35. The first-order chi connectivity index (χ1) is 8.54. The molecule has 0 aliphatic carbocycles. The minimum Gasteiger partial charge on any atom is -0.465 e. The van der Waals surface area contributed by atoms with Gasteiger partial charge in [0, 0.05) is 13.0 Å². The van der Waals surface area contributed by atoms with Crippen LogP contribution in [-0.2, 0) is 9.53 Å². The fourth-order valence-electron chi connectivity index (χ4n) is 1.44. The topological polar surface area (TPSA) is 107 Å². The maximum absolute atomic E-state index is 11.3. The van der Waals surface area contributed by atoms with Crippen LogP contribution in [0, 0.1) is 0 Å². The summed E-state index contributed by atoms with van der Waals surface area (Å²) in [5.74, 6) is -0.761. The van der Waals surface area contributed by atoms with Crippen molar-refractivity contribution >= 4 is 23.3 Å². The number of carbonyl (C=O) groups excluding carboxylic acids is 2. The summed E-state index contributed by atoms with van der Waals surface area (Å²) in [5.41, 5.74) is 12.4. The molecule has 18 heavy (non-hydrogen) atoms. The summed E-state index contributed by atoms with van der Waals surface area (Å²) in [5, 5.41) is 3.05. The number of carbonyl (C=O) groups is 2. The van der Waals surface area contributed by atoms with Crippen LogP contribution >= 0.6 is 0 Å². The summed E-state index contributed by atoms with van der Waals surface area (Å²) >= 11 is 0. The molecule has 0 saturated carbocycles. The Labute approximate surface area is 105 Å². The van der Waals surface area contributed by atoms with Crippen molar-refractivity contribution in [3.05, 3.63) is 23.8 Å². The van der Waals surface area contributed by atoms with E-state index in [0.29, 0.717) is 36.3 Å². The number of esters is 1. The molecule has 1 aromatic rings. The predicted octanol–water partition coefficient (Wildman–Crippen LogP) is 0.733. The van der Waals surface area contributed by atoms with Gasteiger partial charge in [0.25, 0.3) is 0 Å². The number of hydrogen-bond donors (Lipinski definition) is 3. The Morgan fingerprint density at radius 3 is 2.72 bits per heavy atom. The first kappa shape index (κ1) is 13.8. The first-order valence-electron chi connectivity index (χ1n) is 5.54. The van der Waals surface area contributed by atoms with E-state index >= 15 is 0 Å². The van der Waals surface area contributed by atoms with E-state index in [-0.39, 0.29) is 5.91 Å². The molecule has 0 radical (unpaired) electrons. The Balaban J connectivity index is 2.64. The summed E-state index contributed by atoms with van der Waals surface area (Å²) in [6.45, 7) is 0.553. The van der Waals surface area contributed by atoms with Crippen molar-refractivity contribution in [3.63, 3.8) is 0 Å². The minimum atomic E-state index is -0.421. The molecule has 0 aromatic heterocycles. The summed E-state index contributed by atoms with van der Waals surface area (Å²) in [6.07, 6.45) is 0.917. The first-order valence-corrected chi connectivity index (χ1v) is 5.54. The van der Waals surface area contributed by atoms with Gasteiger partial charge in [-0.1, -0.05) is 0 Å². The molecular weight excluding hydrogens is 234 g/mol. The Kier molecular flexibility index (Phi) is 4.98. The number of rotatable bonds is 6. The lowest BCUT2D eigenvalue weighted by atomic mass is 10.1. The van der Waals surface area contributed by atoms with E-state index in [9.17, 15) is 9.59 Å². The van der Waals surface area contributed by atoms with Gasteiger partial charge in [0.1, 0.15) is 0 Å². The summed E-state index contributed by atoms with van der Waals surface area (Å²) in [4.78, 5) is 21.9. The SMILES string of the molecule is COC(=O)c1ccc(N)c(NCCCC(N)=O)c1. The van der Waals surface area contributed by atoms with Crippen molar-refractivity contribution in [1.29, 1.82) is 0 Å². The van der Waals surface area contributed by atoms with Gasteiger partial charge in [0.15, 0.2) is 0 Å². The number of benzene rings is 1. The quantitative estimate of drug-likeness (QED) is 0.392. The molecule has 0 spiro atoms. The number of hydrogen-bond acceptors (Lipinski definition) is 5. The van der Waals surface area contributed by atoms with Crippen LogP contribution in [0.3, 0.4) is 0 Å². The predicted molar refractivity (Wildman–Crippen MR) is 69.1 cm³/mol. The van der Waals surface area contributed by atoms with Crippen LogP contribution in [0.15, 0.2) is 18.2 Å². The highest BCUT2D eigenvalue weighted by molar-refractivity contribution is 5.91. The van der Waals surface area contributed by atoms with Gasteiger partial charge in [-0.2, -0.15) is 0 Å². The van der Waals surface area contributed by atoms with Gasteiger partial charge in [-0.05, 0) is 24.6 Å².